The third kappa shape index (κ3) is 4.82. The average molecular weight is 395 g/mol. The Morgan fingerprint density at radius 3 is 2.59 bits per heavy atom. The average Bonchev–Trinajstić information content (AvgIpc) is 2.70. The Bertz CT molecular complexity index is 1010. The molecule has 1 N–H and O–H groups in total. The molecule has 0 saturated heterocycles. The molecule has 0 aliphatic carbocycles. The summed E-state index contributed by atoms with van der Waals surface area (Å²) in [5.41, 5.74) is 1.51. The molecular weight excluding hydrogens is 380 g/mol. The number of hydrogen-bond donors (Lipinski definition) is 1. The van der Waals surface area contributed by atoms with E-state index < -0.39 is 0 Å². The monoisotopic (exact) mass is 394 g/mol. The molecule has 0 saturated carbocycles. The van der Waals surface area contributed by atoms with Crippen molar-refractivity contribution < 1.29 is 9.53 Å². The van der Waals surface area contributed by atoms with Crippen molar-refractivity contribution in [1.29, 1.82) is 5.26 Å². The standard InChI is InChI=1S/C21H15ClN2O2S/c1-26-17-4-2-3-15(12-17)21(25)24-19-11-14(13-23)5-10-20(19)27-18-8-6-16(22)7-9-18/h2-12H,1H3,(H,24,25). The smallest absolute Gasteiger partial charge is 0.255 e. The van der Waals surface area contributed by atoms with E-state index in [-0.39, 0.29) is 5.91 Å². The van der Waals surface area contributed by atoms with E-state index in [2.05, 4.69) is 11.4 Å². The molecule has 0 aliphatic rings. The Morgan fingerprint density at radius 2 is 1.89 bits per heavy atom. The number of amides is 1. The topological polar surface area (TPSA) is 62.1 Å². The lowest BCUT2D eigenvalue weighted by Crippen LogP contribution is -2.12. The van der Waals surface area contributed by atoms with Crippen LogP contribution in [-0.2, 0) is 0 Å². The Balaban J connectivity index is 1.89. The molecule has 3 aromatic rings. The van der Waals surface area contributed by atoms with Gasteiger partial charge in [-0.25, -0.2) is 0 Å². The van der Waals surface area contributed by atoms with Gasteiger partial charge in [0, 0.05) is 20.4 Å². The van der Waals surface area contributed by atoms with E-state index in [4.69, 9.17) is 16.3 Å². The van der Waals surface area contributed by atoms with Crippen molar-refractivity contribution in [1.82, 2.24) is 0 Å². The maximum absolute atomic E-state index is 12.7. The number of hydrogen-bond acceptors (Lipinski definition) is 4. The first-order chi connectivity index (χ1) is 13.1. The fourth-order valence-electron chi connectivity index (χ4n) is 2.37. The van der Waals surface area contributed by atoms with Crippen LogP contribution in [0.15, 0.2) is 76.5 Å². The lowest BCUT2D eigenvalue weighted by molar-refractivity contribution is 0.102. The van der Waals surface area contributed by atoms with Gasteiger partial charge in [0.15, 0.2) is 0 Å². The van der Waals surface area contributed by atoms with Crippen molar-refractivity contribution in [3.05, 3.63) is 82.9 Å². The van der Waals surface area contributed by atoms with Gasteiger partial charge in [-0.05, 0) is 60.7 Å². The quantitative estimate of drug-likeness (QED) is 0.609. The van der Waals surface area contributed by atoms with Crippen LogP contribution in [0.5, 0.6) is 5.75 Å². The molecular formula is C21H15ClN2O2S. The van der Waals surface area contributed by atoms with Crippen LogP contribution in [0.2, 0.25) is 5.02 Å². The summed E-state index contributed by atoms with van der Waals surface area (Å²) >= 11 is 7.41. The fraction of sp³-hybridized carbons (Fsp3) is 0.0476. The highest BCUT2D eigenvalue weighted by atomic mass is 35.5. The van der Waals surface area contributed by atoms with Gasteiger partial charge in [0.25, 0.3) is 5.91 Å². The van der Waals surface area contributed by atoms with Gasteiger partial charge in [-0.1, -0.05) is 29.4 Å². The third-order valence-electron chi connectivity index (χ3n) is 3.73. The first-order valence-electron chi connectivity index (χ1n) is 8.02. The number of carbonyl (C=O) groups is 1. The van der Waals surface area contributed by atoms with Crippen molar-refractivity contribution in [2.45, 2.75) is 9.79 Å². The molecule has 0 bridgehead atoms. The van der Waals surface area contributed by atoms with E-state index in [1.54, 1.807) is 43.5 Å². The minimum atomic E-state index is -0.276. The summed E-state index contributed by atoms with van der Waals surface area (Å²) in [7, 11) is 1.55. The minimum Gasteiger partial charge on any atom is -0.497 e. The molecule has 0 radical (unpaired) electrons. The van der Waals surface area contributed by atoms with Crippen molar-refractivity contribution in [2.24, 2.45) is 0 Å². The number of carbonyl (C=O) groups excluding carboxylic acids is 1. The molecule has 6 heteroatoms. The van der Waals surface area contributed by atoms with E-state index in [1.807, 2.05) is 30.3 Å². The molecule has 1 amide bonds. The van der Waals surface area contributed by atoms with Crippen LogP contribution < -0.4 is 10.1 Å². The van der Waals surface area contributed by atoms with Crippen molar-refractivity contribution in [3.63, 3.8) is 0 Å². The Hall–Kier alpha value is -2.94. The predicted octanol–water partition coefficient (Wildman–Crippen LogP) is 5.62. The number of nitriles is 1. The molecule has 0 aromatic heterocycles. The highest BCUT2D eigenvalue weighted by Crippen LogP contribution is 2.35. The molecule has 3 aromatic carbocycles. The van der Waals surface area contributed by atoms with E-state index in [0.717, 1.165) is 9.79 Å². The summed E-state index contributed by atoms with van der Waals surface area (Å²) in [6.07, 6.45) is 0. The third-order valence-corrected chi connectivity index (χ3v) is 5.07. The first kappa shape index (κ1) is 18.8. The summed E-state index contributed by atoms with van der Waals surface area (Å²) < 4.78 is 5.17. The molecule has 4 nitrogen and oxygen atoms in total. The number of ether oxygens (including phenoxy) is 1. The Kier molecular flexibility index (Phi) is 6.02. The zero-order chi connectivity index (χ0) is 19.2. The van der Waals surface area contributed by atoms with Crippen LogP contribution in [0.4, 0.5) is 5.69 Å². The largest absolute Gasteiger partial charge is 0.497 e. The number of rotatable bonds is 5. The number of anilines is 1. The molecule has 0 heterocycles. The number of nitrogens with one attached hydrogen (secondary N) is 1. The molecule has 0 fully saturated rings. The van der Waals surface area contributed by atoms with Crippen molar-refractivity contribution in [2.75, 3.05) is 12.4 Å². The summed E-state index contributed by atoms with van der Waals surface area (Å²) in [6, 6.07) is 21.6. The minimum absolute atomic E-state index is 0.276. The summed E-state index contributed by atoms with van der Waals surface area (Å²) in [5, 5.41) is 12.7. The first-order valence-corrected chi connectivity index (χ1v) is 9.21. The molecule has 0 spiro atoms. The molecule has 0 aliphatic heterocycles. The highest BCUT2D eigenvalue weighted by molar-refractivity contribution is 7.99. The SMILES string of the molecule is COc1cccc(C(=O)Nc2cc(C#N)ccc2Sc2ccc(Cl)cc2)c1. The summed E-state index contributed by atoms with van der Waals surface area (Å²) in [4.78, 5) is 14.5. The molecule has 134 valence electrons. The van der Waals surface area contributed by atoms with Crippen molar-refractivity contribution >= 4 is 35.0 Å². The molecule has 27 heavy (non-hydrogen) atoms. The van der Waals surface area contributed by atoms with Crippen LogP contribution in [0.25, 0.3) is 0 Å². The van der Waals surface area contributed by atoms with Crippen molar-refractivity contribution in [3.8, 4) is 11.8 Å². The zero-order valence-electron chi connectivity index (χ0n) is 14.4. The lowest BCUT2D eigenvalue weighted by atomic mass is 10.1. The molecule has 0 unspecified atom stereocenters. The molecule has 3 rings (SSSR count). The maximum atomic E-state index is 12.7. The van der Waals surface area contributed by atoms with E-state index >= 15 is 0 Å². The Labute approximate surface area is 166 Å². The normalized spacial score (nSPS) is 10.1. The summed E-state index contributed by atoms with van der Waals surface area (Å²) in [6.45, 7) is 0. The van der Waals surface area contributed by atoms with Crippen LogP contribution in [0, 0.1) is 11.3 Å². The zero-order valence-corrected chi connectivity index (χ0v) is 16.0. The number of benzene rings is 3. The van der Waals surface area contributed by atoms with Crippen LogP contribution >= 0.6 is 23.4 Å². The summed E-state index contributed by atoms with van der Waals surface area (Å²) in [5.74, 6) is 0.325. The second-order valence-corrected chi connectivity index (χ2v) is 7.12. The van der Waals surface area contributed by atoms with Gasteiger partial charge in [-0.2, -0.15) is 5.26 Å². The van der Waals surface area contributed by atoms with E-state index in [9.17, 15) is 10.1 Å². The van der Waals surface area contributed by atoms with Gasteiger partial charge < -0.3 is 10.1 Å². The number of nitrogens with zero attached hydrogens (tertiary/aromatic N) is 1. The number of halogens is 1. The van der Waals surface area contributed by atoms with Gasteiger partial charge >= 0.3 is 0 Å². The van der Waals surface area contributed by atoms with Gasteiger partial charge in [-0.15, -0.1) is 0 Å². The second kappa shape index (κ2) is 8.63. The maximum Gasteiger partial charge on any atom is 0.255 e. The fourth-order valence-corrected chi connectivity index (χ4v) is 3.38. The van der Waals surface area contributed by atoms with E-state index in [1.165, 1.54) is 11.8 Å². The van der Waals surface area contributed by atoms with E-state index in [0.29, 0.717) is 27.6 Å². The number of methoxy groups -OCH3 is 1. The van der Waals surface area contributed by atoms with Gasteiger partial charge in [0.1, 0.15) is 5.75 Å². The van der Waals surface area contributed by atoms with Crippen LogP contribution in [-0.4, -0.2) is 13.0 Å². The predicted molar refractivity (Wildman–Crippen MR) is 108 cm³/mol. The lowest BCUT2D eigenvalue weighted by Gasteiger charge is -2.12. The van der Waals surface area contributed by atoms with Gasteiger partial charge in [0.05, 0.1) is 24.4 Å². The highest BCUT2D eigenvalue weighted by Gasteiger charge is 2.12. The van der Waals surface area contributed by atoms with Crippen LogP contribution in [0.3, 0.4) is 0 Å². The van der Waals surface area contributed by atoms with Gasteiger partial charge in [0.2, 0.25) is 0 Å². The van der Waals surface area contributed by atoms with Gasteiger partial charge in [-0.3, -0.25) is 4.79 Å². The van der Waals surface area contributed by atoms with Crippen LogP contribution in [0.1, 0.15) is 15.9 Å². The molecule has 0 atom stereocenters. The Morgan fingerprint density at radius 1 is 1.11 bits per heavy atom. The second-order valence-electron chi connectivity index (χ2n) is 5.56.